The van der Waals surface area contributed by atoms with E-state index < -0.39 is 5.97 Å². The standard InChI is InChI=1S/C10H7BrClNO2/c1-15-10(14)6-2-3-9(12)7(4-11)8(6)5-13/h2-3H,4H2,1H3. The van der Waals surface area contributed by atoms with E-state index in [-0.39, 0.29) is 11.1 Å². The highest BCUT2D eigenvalue weighted by Gasteiger charge is 2.16. The molecule has 78 valence electrons. The zero-order valence-corrected chi connectivity index (χ0v) is 10.2. The lowest BCUT2D eigenvalue weighted by Gasteiger charge is -2.07. The Bertz CT molecular complexity index is 440. The van der Waals surface area contributed by atoms with Crippen LogP contribution in [0.5, 0.6) is 0 Å². The van der Waals surface area contributed by atoms with Crippen LogP contribution in [-0.2, 0) is 10.1 Å². The van der Waals surface area contributed by atoms with Gasteiger partial charge in [-0.1, -0.05) is 27.5 Å². The minimum atomic E-state index is -0.537. The lowest BCUT2D eigenvalue weighted by molar-refractivity contribution is 0.0600. The van der Waals surface area contributed by atoms with Crippen molar-refractivity contribution in [2.75, 3.05) is 7.11 Å². The second kappa shape index (κ2) is 5.15. The first kappa shape index (κ1) is 12.0. The quantitative estimate of drug-likeness (QED) is 0.621. The average Bonchev–Trinajstić information content (AvgIpc) is 2.27. The van der Waals surface area contributed by atoms with Crippen LogP contribution in [0.15, 0.2) is 12.1 Å². The number of benzene rings is 1. The number of carbonyl (C=O) groups is 1. The van der Waals surface area contributed by atoms with Gasteiger partial charge in [-0.3, -0.25) is 0 Å². The molecule has 0 saturated heterocycles. The molecule has 0 aliphatic carbocycles. The second-order valence-corrected chi connectivity index (χ2v) is 3.65. The summed E-state index contributed by atoms with van der Waals surface area (Å²) >= 11 is 9.11. The molecule has 1 aromatic rings. The summed E-state index contributed by atoms with van der Waals surface area (Å²) < 4.78 is 4.57. The minimum absolute atomic E-state index is 0.235. The highest BCUT2D eigenvalue weighted by atomic mass is 79.9. The van der Waals surface area contributed by atoms with E-state index in [4.69, 9.17) is 16.9 Å². The number of alkyl halides is 1. The average molecular weight is 289 g/mol. The van der Waals surface area contributed by atoms with E-state index in [1.54, 1.807) is 6.07 Å². The van der Waals surface area contributed by atoms with Crippen molar-refractivity contribution in [2.24, 2.45) is 0 Å². The van der Waals surface area contributed by atoms with Crippen LogP contribution in [0.3, 0.4) is 0 Å². The molecule has 0 heterocycles. The van der Waals surface area contributed by atoms with Crippen molar-refractivity contribution in [1.82, 2.24) is 0 Å². The summed E-state index contributed by atoms with van der Waals surface area (Å²) in [5.41, 5.74) is 1.09. The maximum Gasteiger partial charge on any atom is 0.339 e. The molecule has 0 aliphatic heterocycles. The fourth-order valence-corrected chi connectivity index (χ4v) is 2.13. The van der Waals surface area contributed by atoms with Crippen molar-refractivity contribution >= 4 is 33.5 Å². The number of esters is 1. The van der Waals surface area contributed by atoms with Crippen LogP contribution in [-0.4, -0.2) is 13.1 Å². The van der Waals surface area contributed by atoms with Crippen molar-refractivity contribution in [3.63, 3.8) is 0 Å². The number of ether oxygens (including phenoxy) is 1. The molecular formula is C10H7BrClNO2. The zero-order valence-electron chi connectivity index (χ0n) is 7.88. The molecule has 15 heavy (non-hydrogen) atoms. The number of hydrogen-bond donors (Lipinski definition) is 0. The third-order valence-electron chi connectivity index (χ3n) is 1.91. The SMILES string of the molecule is COC(=O)c1ccc(Cl)c(CBr)c1C#N. The molecule has 1 aromatic carbocycles. The maximum atomic E-state index is 11.3. The predicted molar refractivity (Wildman–Crippen MR) is 60.1 cm³/mol. The van der Waals surface area contributed by atoms with E-state index in [1.165, 1.54) is 13.2 Å². The summed E-state index contributed by atoms with van der Waals surface area (Å²) in [4.78, 5) is 11.3. The molecular weight excluding hydrogens is 281 g/mol. The third-order valence-corrected chi connectivity index (χ3v) is 2.82. The van der Waals surface area contributed by atoms with Gasteiger partial charge in [0.05, 0.1) is 18.2 Å². The minimum Gasteiger partial charge on any atom is -0.465 e. The molecule has 0 aromatic heterocycles. The molecule has 3 nitrogen and oxygen atoms in total. The van der Waals surface area contributed by atoms with Crippen LogP contribution in [0.2, 0.25) is 5.02 Å². The fourth-order valence-electron chi connectivity index (χ4n) is 1.16. The van der Waals surface area contributed by atoms with Gasteiger partial charge in [-0.05, 0) is 17.7 Å². The monoisotopic (exact) mass is 287 g/mol. The zero-order chi connectivity index (χ0) is 11.4. The van der Waals surface area contributed by atoms with Crippen molar-refractivity contribution in [3.05, 3.63) is 33.8 Å². The van der Waals surface area contributed by atoms with Crippen LogP contribution in [0.4, 0.5) is 0 Å². The number of carbonyl (C=O) groups excluding carboxylic acids is 1. The first-order chi connectivity index (χ1) is 7.15. The summed E-state index contributed by atoms with van der Waals surface area (Å²) in [6.07, 6.45) is 0. The van der Waals surface area contributed by atoms with Gasteiger partial charge in [0.15, 0.2) is 0 Å². The second-order valence-electron chi connectivity index (χ2n) is 2.69. The van der Waals surface area contributed by atoms with E-state index in [2.05, 4.69) is 20.7 Å². The van der Waals surface area contributed by atoms with Gasteiger partial charge in [0.25, 0.3) is 0 Å². The van der Waals surface area contributed by atoms with Gasteiger partial charge in [-0.15, -0.1) is 0 Å². The molecule has 0 saturated carbocycles. The van der Waals surface area contributed by atoms with E-state index in [0.29, 0.717) is 15.9 Å². The van der Waals surface area contributed by atoms with Gasteiger partial charge in [-0.2, -0.15) is 5.26 Å². The topological polar surface area (TPSA) is 50.1 Å². The molecule has 0 N–H and O–H groups in total. The number of rotatable bonds is 2. The Hall–Kier alpha value is -1.05. The molecule has 0 fully saturated rings. The molecule has 0 bridgehead atoms. The van der Waals surface area contributed by atoms with Gasteiger partial charge < -0.3 is 4.74 Å². The largest absolute Gasteiger partial charge is 0.465 e. The van der Waals surface area contributed by atoms with E-state index in [0.717, 1.165) is 0 Å². The van der Waals surface area contributed by atoms with Crippen LogP contribution in [0.1, 0.15) is 21.5 Å². The number of hydrogen-bond acceptors (Lipinski definition) is 3. The Kier molecular flexibility index (Phi) is 4.13. The lowest BCUT2D eigenvalue weighted by Crippen LogP contribution is -2.06. The third kappa shape index (κ3) is 2.31. The van der Waals surface area contributed by atoms with Gasteiger partial charge >= 0.3 is 5.97 Å². The first-order valence-electron chi connectivity index (χ1n) is 4.01. The molecule has 1 rings (SSSR count). The van der Waals surface area contributed by atoms with Crippen LogP contribution in [0, 0.1) is 11.3 Å². The number of methoxy groups -OCH3 is 1. The summed E-state index contributed by atoms with van der Waals surface area (Å²) in [5, 5.41) is 9.83. The smallest absolute Gasteiger partial charge is 0.339 e. The van der Waals surface area contributed by atoms with Crippen molar-refractivity contribution < 1.29 is 9.53 Å². The molecule has 0 aliphatic rings. The fraction of sp³-hybridized carbons (Fsp3) is 0.200. The maximum absolute atomic E-state index is 11.3. The van der Waals surface area contributed by atoms with Gasteiger partial charge in [0.1, 0.15) is 6.07 Å². The van der Waals surface area contributed by atoms with Crippen LogP contribution in [0.25, 0.3) is 0 Å². The van der Waals surface area contributed by atoms with Crippen LogP contribution < -0.4 is 0 Å². The molecule has 0 amide bonds. The summed E-state index contributed by atoms with van der Waals surface area (Å²) in [6.45, 7) is 0. The van der Waals surface area contributed by atoms with E-state index in [9.17, 15) is 4.79 Å². The van der Waals surface area contributed by atoms with Gasteiger partial charge in [0.2, 0.25) is 0 Å². The van der Waals surface area contributed by atoms with Gasteiger partial charge in [0, 0.05) is 10.4 Å². The van der Waals surface area contributed by atoms with Crippen molar-refractivity contribution in [1.29, 1.82) is 5.26 Å². The molecule has 0 atom stereocenters. The Morgan fingerprint density at radius 3 is 2.80 bits per heavy atom. The summed E-state index contributed by atoms with van der Waals surface area (Å²) in [5.74, 6) is -0.537. The first-order valence-corrected chi connectivity index (χ1v) is 5.51. The van der Waals surface area contributed by atoms with Gasteiger partial charge in [-0.25, -0.2) is 4.79 Å². The summed E-state index contributed by atoms with van der Waals surface area (Å²) in [6, 6.07) is 5.02. The highest BCUT2D eigenvalue weighted by Crippen LogP contribution is 2.25. The highest BCUT2D eigenvalue weighted by molar-refractivity contribution is 9.08. The predicted octanol–water partition coefficient (Wildman–Crippen LogP) is 2.89. The van der Waals surface area contributed by atoms with E-state index >= 15 is 0 Å². The number of halogens is 2. The normalized spacial score (nSPS) is 9.47. The lowest BCUT2D eigenvalue weighted by atomic mass is 10.0. The Morgan fingerprint density at radius 1 is 1.67 bits per heavy atom. The molecule has 0 radical (unpaired) electrons. The number of nitriles is 1. The Balaban J connectivity index is 3.43. The van der Waals surface area contributed by atoms with Crippen LogP contribution >= 0.6 is 27.5 Å². The van der Waals surface area contributed by atoms with Crippen molar-refractivity contribution in [3.8, 4) is 6.07 Å². The summed E-state index contributed by atoms with van der Waals surface area (Å²) in [7, 11) is 1.27. The molecule has 0 unspecified atom stereocenters. The Labute approximate surface area is 101 Å². The Morgan fingerprint density at radius 2 is 2.33 bits per heavy atom. The number of nitrogens with zero attached hydrogens (tertiary/aromatic N) is 1. The molecule has 0 spiro atoms. The van der Waals surface area contributed by atoms with E-state index in [1.807, 2.05) is 6.07 Å². The molecule has 5 heteroatoms. The van der Waals surface area contributed by atoms with Crippen molar-refractivity contribution in [2.45, 2.75) is 5.33 Å².